The van der Waals surface area contributed by atoms with Crippen LogP contribution in [0.3, 0.4) is 0 Å². The average molecular weight is 1120 g/mol. The number of esters is 1. The highest BCUT2D eigenvalue weighted by Gasteiger charge is 2.30. The smallest absolute Gasteiger partial charge is 0.456 e. The molecule has 0 aromatic carbocycles. The predicted octanol–water partition coefficient (Wildman–Crippen LogP) is 20.1. The SMILES string of the molecule is CC/C=C\C/C=C\C/C=C\C/C=C\C/C=C\CCCCCC(=O)OC(/C=C\CCCCCCCCCCC)C(COP(=O)(O)OCC[N+](C)(C)C)NC(=O)CCCCCCCCCCCC/C=C\C/C=C\C/C=C\CCCCC. The van der Waals surface area contributed by atoms with Crippen LogP contribution in [-0.2, 0) is 27.9 Å². The first-order chi connectivity index (χ1) is 38.4. The van der Waals surface area contributed by atoms with E-state index >= 15 is 0 Å². The molecule has 0 aliphatic rings. The molecule has 2 N–H and O–H groups in total. The van der Waals surface area contributed by atoms with Gasteiger partial charge in [0.05, 0.1) is 33.8 Å². The van der Waals surface area contributed by atoms with E-state index in [1.807, 2.05) is 33.3 Å². The van der Waals surface area contributed by atoms with Crippen molar-refractivity contribution in [1.82, 2.24) is 5.32 Å². The minimum Gasteiger partial charge on any atom is -0.456 e. The maximum Gasteiger partial charge on any atom is 0.472 e. The van der Waals surface area contributed by atoms with Crippen LogP contribution >= 0.6 is 7.82 Å². The second-order valence-corrected chi connectivity index (χ2v) is 24.0. The van der Waals surface area contributed by atoms with Crippen LogP contribution in [-0.4, -0.2) is 74.3 Å². The number of likely N-dealkylation sites (N-methyl/N-ethyl adjacent to an activating group) is 1. The van der Waals surface area contributed by atoms with Crippen LogP contribution in [0.15, 0.2) is 109 Å². The molecule has 1 amide bonds. The van der Waals surface area contributed by atoms with E-state index in [0.29, 0.717) is 23.9 Å². The number of phosphoric ester groups is 1. The Morgan fingerprint density at radius 3 is 1.25 bits per heavy atom. The van der Waals surface area contributed by atoms with Crippen LogP contribution in [0.25, 0.3) is 0 Å². The summed E-state index contributed by atoms with van der Waals surface area (Å²) in [5.41, 5.74) is 0. The molecule has 3 unspecified atom stereocenters. The number of carbonyl (C=O) groups is 2. The fraction of sp³-hybridized carbons (Fsp3) is 0.710. The highest BCUT2D eigenvalue weighted by molar-refractivity contribution is 7.47. The van der Waals surface area contributed by atoms with Crippen molar-refractivity contribution < 1.29 is 37.3 Å². The maximum absolute atomic E-state index is 13.6. The average Bonchev–Trinajstić information content (AvgIpc) is 3.41. The third kappa shape index (κ3) is 59.1. The minimum absolute atomic E-state index is 0.0285. The predicted molar refractivity (Wildman–Crippen MR) is 341 cm³/mol. The van der Waals surface area contributed by atoms with Crippen molar-refractivity contribution in [3.05, 3.63) is 109 Å². The number of hydrogen-bond donors (Lipinski definition) is 2. The molecule has 10 heteroatoms. The number of phosphoric acid groups is 1. The number of rotatable bonds is 57. The van der Waals surface area contributed by atoms with Gasteiger partial charge in [0.1, 0.15) is 19.3 Å². The summed E-state index contributed by atoms with van der Waals surface area (Å²) >= 11 is 0. The van der Waals surface area contributed by atoms with Crippen LogP contribution < -0.4 is 5.32 Å². The lowest BCUT2D eigenvalue weighted by atomic mass is 10.0. The monoisotopic (exact) mass is 1120 g/mol. The normalized spacial score (nSPS) is 14.4. The Kier molecular flexibility index (Phi) is 55.4. The number of carbonyl (C=O) groups excluding carboxylic acids is 2. The molecule has 454 valence electrons. The number of unbranched alkanes of at least 4 members (excludes halogenated alkanes) is 25. The molecule has 0 aromatic rings. The molecule has 0 heterocycles. The Bertz CT molecular complexity index is 1720. The molecule has 0 aromatic heterocycles. The topological polar surface area (TPSA) is 111 Å². The summed E-state index contributed by atoms with van der Waals surface area (Å²) in [6, 6.07) is -0.871. The summed E-state index contributed by atoms with van der Waals surface area (Å²) in [5.74, 6) is -0.551. The molecule has 9 nitrogen and oxygen atoms in total. The van der Waals surface area contributed by atoms with Crippen molar-refractivity contribution in [3.63, 3.8) is 0 Å². The van der Waals surface area contributed by atoms with Crippen molar-refractivity contribution in [2.45, 2.75) is 277 Å². The molecule has 0 radical (unpaired) electrons. The first kappa shape index (κ1) is 75.7. The number of allylic oxidation sites excluding steroid dienone is 17. The zero-order valence-corrected chi connectivity index (χ0v) is 52.7. The zero-order valence-electron chi connectivity index (χ0n) is 51.8. The van der Waals surface area contributed by atoms with Crippen molar-refractivity contribution in [2.75, 3.05) is 40.9 Å². The lowest BCUT2D eigenvalue weighted by Crippen LogP contribution is -2.47. The number of ether oxygens (including phenoxy) is 1. The lowest BCUT2D eigenvalue weighted by Gasteiger charge is -2.27. The molecule has 0 aliphatic heterocycles. The van der Waals surface area contributed by atoms with Gasteiger partial charge in [-0.3, -0.25) is 18.6 Å². The fourth-order valence-corrected chi connectivity index (χ4v) is 9.47. The van der Waals surface area contributed by atoms with Gasteiger partial charge in [-0.05, 0) is 115 Å². The summed E-state index contributed by atoms with van der Waals surface area (Å²) in [6.07, 6.45) is 79.5. The number of amides is 1. The van der Waals surface area contributed by atoms with E-state index in [-0.39, 0.29) is 31.5 Å². The van der Waals surface area contributed by atoms with Gasteiger partial charge in [-0.1, -0.05) is 246 Å². The number of hydrogen-bond acceptors (Lipinski definition) is 6. The van der Waals surface area contributed by atoms with Crippen molar-refractivity contribution in [3.8, 4) is 0 Å². The lowest BCUT2D eigenvalue weighted by molar-refractivity contribution is -0.870. The minimum atomic E-state index is -4.46. The van der Waals surface area contributed by atoms with E-state index in [1.54, 1.807) is 0 Å². The first-order valence-corrected chi connectivity index (χ1v) is 33.7. The third-order valence-electron chi connectivity index (χ3n) is 13.7. The highest BCUT2D eigenvalue weighted by Crippen LogP contribution is 2.43. The quantitative estimate of drug-likeness (QED) is 0.0205. The molecule has 79 heavy (non-hydrogen) atoms. The molecule has 0 saturated carbocycles. The third-order valence-corrected chi connectivity index (χ3v) is 14.7. The van der Waals surface area contributed by atoms with Crippen LogP contribution in [0, 0.1) is 0 Å². The van der Waals surface area contributed by atoms with Gasteiger partial charge in [0.15, 0.2) is 0 Å². The number of quaternary nitrogens is 1. The van der Waals surface area contributed by atoms with Crippen molar-refractivity contribution in [1.29, 1.82) is 0 Å². The second kappa shape index (κ2) is 57.9. The van der Waals surface area contributed by atoms with E-state index < -0.39 is 20.0 Å². The fourth-order valence-electron chi connectivity index (χ4n) is 8.74. The summed E-state index contributed by atoms with van der Waals surface area (Å²) in [4.78, 5) is 37.7. The van der Waals surface area contributed by atoms with Gasteiger partial charge >= 0.3 is 13.8 Å². The van der Waals surface area contributed by atoms with Gasteiger partial charge in [-0.25, -0.2) is 4.57 Å². The Morgan fingerprint density at radius 1 is 0.456 bits per heavy atom. The Morgan fingerprint density at radius 2 is 0.810 bits per heavy atom. The van der Waals surface area contributed by atoms with Crippen molar-refractivity contribution in [2.24, 2.45) is 0 Å². The zero-order chi connectivity index (χ0) is 57.9. The number of nitrogens with one attached hydrogen (secondary N) is 1. The molecule has 0 saturated heterocycles. The van der Waals surface area contributed by atoms with Gasteiger partial charge in [0.2, 0.25) is 5.91 Å². The van der Waals surface area contributed by atoms with E-state index in [1.165, 1.54) is 109 Å². The standard InChI is InChI=1S/C69H121N2O7P/c1-7-10-13-16-19-22-25-27-29-31-33-34-35-36-38-39-41-43-46-49-52-55-58-61-68(72)70-66(65-77-79(74,75)76-64-63-71(4,5)6)67(60-57-54-51-48-45-24-21-18-15-12-9-3)78-69(73)62-59-56-53-50-47-44-42-40-37-32-30-28-26-23-20-17-14-11-8-2/h11,14,19-20,22-23,27-30,33-34,37,40,44,47,57,60,66-67H,7-10,12-13,15-18,21,24-26,31-32,35-36,38-39,41-43,45-46,48-56,58-59,61-65H2,1-6H3,(H-,70,72,74,75)/p+1/b14-11-,22-19-,23-20-,29-27-,30-28-,34-33-,40-37-,47-44-,60-57-. The van der Waals surface area contributed by atoms with E-state index in [2.05, 4.69) is 123 Å². The van der Waals surface area contributed by atoms with E-state index in [0.717, 1.165) is 116 Å². The first-order valence-electron chi connectivity index (χ1n) is 32.2. The summed E-state index contributed by atoms with van der Waals surface area (Å²) < 4.78 is 30.7. The van der Waals surface area contributed by atoms with Crippen LogP contribution in [0.1, 0.15) is 265 Å². The number of nitrogens with zero attached hydrogens (tertiary/aromatic N) is 1. The molecular weight excluding hydrogens is 1000 g/mol. The van der Waals surface area contributed by atoms with Gasteiger partial charge < -0.3 is 19.4 Å². The molecule has 0 bridgehead atoms. The summed E-state index contributed by atoms with van der Waals surface area (Å²) in [6.45, 7) is 6.84. The Hall–Kier alpha value is -3.33. The van der Waals surface area contributed by atoms with E-state index in [4.69, 9.17) is 13.8 Å². The van der Waals surface area contributed by atoms with Gasteiger partial charge in [0.25, 0.3) is 0 Å². The van der Waals surface area contributed by atoms with Crippen LogP contribution in [0.4, 0.5) is 0 Å². The Balaban J connectivity index is 5.22. The van der Waals surface area contributed by atoms with Gasteiger partial charge in [-0.15, -0.1) is 0 Å². The van der Waals surface area contributed by atoms with Gasteiger partial charge in [0, 0.05) is 12.8 Å². The van der Waals surface area contributed by atoms with E-state index in [9.17, 15) is 19.0 Å². The molecular formula is C69H122N2O7P+. The molecule has 3 atom stereocenters. The van der Waals surface area contributed by atoms with Crippen LogP contribution in [0.5, 0.6) is 0 Å². The summed E-state index contributed by atoms with van der Waals surface area (Å²) in [5, 5.41) is 3.05. The maximum atomic E-state index is 13.6. The summed E-state index contributed by atoms with van der Waals surface area (Å²) in [7, 11) is 1.46. The molecule has 0 spiro atoms. The van der Waals surface area contributed by atoms with Crippen LogP contribution in [0.2, 0.25) is 0 Å². The Labute approximate surface area is 487 Å². The second-order valence-electron chi connectivity index (χ2n) is 22.5. The van der Waals surface area contributed by atoms with Gasteiger partial charge in [-0.2, -0.15) is 0 Å². The molecule has 0 aliphatic carbocycles. The molecule has 0 rings (SSSR count). The van der Waals surface area contributed by atoms with Crippen molar-refractivity contribution >= 4 is 19.7 Å². The molecule has 0 fully saturated rings. The largest absolute Gasteiger partial charge is 0.472 e. The highest BCUT2D eigenvalue weighted by atomic mass is 31.2.